The Hall–Kier alpha value is -2.08. The quantitative estimate of drug-likeness (QED) is 0.536. The summed E-state index contributed by atoms with van der Waals surface area (Å²) < 4.78 is 20.1. The van der Waals surface area contributed by atoms with Gasteiger partial charge in [-0.25, -0.2) is 9.59 Å². The Kier molecular flexibility index (Phi) is 12.0. The summed E-state index contributed by atoms with van der Waals surface area (Å²) in [6, 6.07) is 5.48. The van der Waals surface area contributed by atoms with Crippen molar-refractivity contribution in [1.82, 2.24) is 0 Å². The highest BCUT2D eigenvalue weighted by Gasteiger charge is 2.14. The molecular formula is C18H26O10. The SMILES string of the molecule is O=C(O)c1ccccc1C(=O)O.OCC1COCCO1.OCC1COCCO1. The molecule has 2 fully saturated rings. The number of rotatable bonds is 4. The molecular weight excluding hydrogens is 376 g/mol. The molecule has 0 aromatic heterocycles. The minimum atomic E-state index is -1.23. The summed E-state index contributed by atoms with van der Waals surface area (Å²) >= 11 is 0. The zero-order valence-electron chi connectivity index (χ0n) is 15.4. The van der Waals surface area contributed by atoms with Crippen LogP contribution in [-0.4, -0.2) is 97.4 Å². The first-order valence-electron chi connectivity index (χ1n) is 8.65. The van der Waals surface area contributed by atoms with E-state index in [-0.39, 0.29) is 36.5 Å². The second-order valence-electron chi connectivity index (χ2n) is 5.66. The van der Waals surface area contributed by atoms with Gasteiger partial charge in [0.05, 0.1) is 64.0 Å². The highest BCUT2D eigenvalue weighted by molar-refractivity contribution is 6.01. The summed E-state index contributed by atoms with van der Waals surface area (Å²) in [5.74, 6) is -2.46. The van der Waals surface area contributed by atoms with Crippen LogP contribution in [0.1, 0.15) is 20.7 Å². The van der Waals surface area contributed by atoms with Crippen molar-refractivity contribution in [1.29, 1.82) is 0 Å². The minimum absolute atomic E-state index is 0.0694. The number of carboxylic acids is 2. The predicted octanol–water partition coefficient (Wildman–Crippen LogP) is -0.129. The second-order valence-corrected chi connectivity index (χ2v) is 5.66. The van der Waals surface area contributed by atoms with Crippen LogP contribution in [0.15, 0.2) is 24.3 Å². The highest BCUT2D eigenvalue weighted by Crippen LogP contribution is 2.07. The van der Waals surface area contributed by atoms with E-state index in [0.29, 0.717) is 39.6 Å². The van der Waals surface area contributed by atoms with Gasteiger partial charge in [-0.1, -0.05) is 12.1 Å². The molecule has 1 aromatic carbocycles. The van der Waals surface area contributed by atoms with E-state index in [1.807, 2.05) is 0 Å². The number of carboxylic acid groups (broad SMARTS) is 2. The number of hydrogen-bond acceptors (Lipinski definition) is 8. The molecule has 0 aliphatic carbocycles. The minimum Gasteiger partial charge on any atom is -0.478 e. The van der Waals surface area contributed by atoms with Gasteiger partial charge in [0.15, 0.2) is 0 Å². The molecule has 0 spiro atoms. The van der Waals surface area contributed by atoms with E-state index >= 15 is 0 Å². The lowest BCUT2D eigenvalue weighted by Crippen LogP contribution is -2.31. The van der Waals surface area contributed by atoms with Crippen LogP contribution in [0.5, 0.6) is 0 Å². The third-order valence-electron chi connectivity index (χ3n) is 3.57. The zero-order valence-corrected chi connectivity index (χ0v) is 15.4. The Morgan fingerprint density at radius 2 is 1.18 bits per heavy atom. The van der Waals surface area contributed by atoms with E-state index in [0.717, 1.165) is 0 Å². The second kappa shape index (κ2) is 14.0. The fourth-order valence-corrected chi connectivity index (χ4v) is 2.14. The monoisotopic (exact) mass is 402 g/mol. The number of aliphatic hydroxyl groups excluding tert-OH is 2. The van der Waals surface area contributed by atoms with Crippen molar-refractivity contribution in [3.05, 3.63) is 35.4 Å². The molecule has 4 N–H and O–H groups in total. The summed E-state index contributed by atoms with van der Waals surface area (Å²) in [6.45, 7) is 3.77. The van der Waals surface area contributed by atoms with Crippen molar-refractivity contribution in [2.45, 2.75) is 12.2 Å². The molecule has 10 heteroatoms. The Morgan fingerprint density at radius 3 is 1.39 bits per heavy atom. The number of aliphatic hydroxyl groups is 2. The van der Waals surface area contributed by atoms with Crippen LogP contribution >= 0.6 is 0 Å². The van der Waals surface area contributed by atoms with Gasteiger partial charge in [-0.05, 0) is 12.1 Å². The summed E-state index contributed by atoms with van der Waals surface area (Å²) in [6.07, 6.45) is -0.160. The molecule has 10 nitrogen and oxygen atoms in total. The van der Waals surface area contributed by atoms with Gasteiger partial charge in [-0.3, -0.25) is 0 Å². The summed E-state index contributed by atoms with van der Waals surface area (Å²) in [7, 11) is 0. The van der Waals surface area contributed by atoms with E-state index in [2.05, 4.69) is 0 Å². The Balaban J connectivity index is 0.000000217. The first kappa shape index (κ1) is 24.0. The third-order valence-corrected chi connectivity index (χ3v) is 3.57. The number of hydrogen-bond donors (Lipinski definition) is 4. The molecule has 2 aliphatic heterocycles. The normalized spacial score (nSPS) is 21.4. The number of ether oxygens (including phenoxy) is 4. The molecule has 0 amide bonds. The van der Waals surface area contributed by atoms with Gasteiger partial charge in [0, 0.05) is 0 Å². The van der Waals surface area contributed by atoms with E-state index in [9.17, 15) is 9.59 Å². The van der Waals surface area contributed by atoms with Gasteiger partial charge < -0.3 is 39.4 Å². The topological polar surface area (TPSA) is 152 Å². The van der Waals surface area contributed by atoms with Crippen LogP contribution < -0.4 is 0 Å². The molecule has 2 heterocycles. The van der Waals surface area contributed by atoms with Crippen LogP contribution in [-0.2, 0) is 18.9 Å². The molecule has 2 unspecified atom stereocenters. The lowest BCUT2D eigenvalue weighted by Gasteiger charge is -2.20. The third kappa shape index (κ3) is 9.22. The first-order chi connectivity index (χ1) is 13.5. The van der Waals surface area contributed by atoms with Gasteiger partial charge in [0.1, 0.15) is 12.2 Å². The fourth-order valence-electron chi connectivity index (χ4n) is 2.14. The van der Waals surface area contributed by atoms with Crippen LogP contribution in [0, 0.1) is 0 Å². The van der Waals surface area contributed by atoms with E-state index in [4.69, 9.17) is 39.4 Å². The van der Waals surface area contributed by atoms with Gasteiger partial charge >= 0.3 is 11.9 Å². The molecule has 28 heavy (non-hydrogen) atoms. The van der Waals surface area contributed by atoms with E-state index in [1.54, 1.807) is 0 Å². The van der Waals surface area contributed by atoms with Crippen molar-refractivity contribution in [3.63, 3.8) is 0 Å². The highest BCUT2D eigenvalue weighted by atomic mass is 16.6. The molecule has 0 radical (unpaired) electrons. The molecule has 1 aromatic rings. The average Bonchev–Trinajstić information content (AvgIpc) is 2.75. The molecule has 2 aliphatic rings. The molecule has 0 bridgehead atoms. The van der Waals surface area contributed by atoms with E-state index in [1.165, 1.54) is 24.3 Å². The van der Waals surface area contributed by atoms with Crippen molar-refractivity contribution < 1.29 is 49.0 Å². The van der Waals surface area contributed by atoms with Crippen LogP contribution in [0.25, 0.3) is 0 Å². The van der Waals surface area contributed by atoms with Gasteiger partial charge in [-0.2, -0.15) is 0 Å². The maximum absolute atomic E-state index is 10.5. The predicted molar refractivity (Wildman–Crippen MR) is 95.7 cm³/mol. The Bertz CT molecular complexity index is 528. The standard InChI is InChI=1S/C8H6O4.2C5H10O3/c9-7(10)5-3-1-2-4-6(5)8(11)12;2*6-3-5-4-7-1-2-8-5/h1-4H,(H,9,10)(H,11,12);2*5-6H,1-4H2. The van der Waals surface area contributed by atoms with Crippen LogP contribution in [0.3, 0.4) is 0 Å². The molecule has 0 saturated carbocycles. The van der Waals surface area contributed by atoms with Crippen molar-refractivity contribution in [2.24, 2.45) is 0 Å². The molecule has 2 saturated heterocycles. The van der Waals surface area contributed by atoms with Gasteiger partial charge in [0.2, 0.25) is 0 Å². The summed E-state index contributed by atoms with van der Waals surface area (Å²) in [5.41, 5.74) is -0.380. The van der Waals surface area contributed by atoms with Gasteiger partial charge in [-0.15, -0.1) is 0 Å². The molecule has 2 atom stereocenters. The number of aromatic carboxylic acids is 2. The van der Waals surface area contributed by atoms with Crippen molar-refractivity contribution in [3.8, 4) is 0 Å². The molecule has 158 valence electrons. The molecule has 3 rings (SSSR count). The number of carbonyl (C=O) groups is 2. The summed E-state index contributed by atoms with van der Waals surface area (Å²) in [4.78, 5) is 20.9. The van der Waals surface area contributed by atoms with Crippen molar-refractivity contribution in [2.75, 3.05) is 52.9 Å². The van der Waals surface area contributed by atoms with E-state index < -0.39 is 11.9 Å². The number of benzene rings is 1. The summed E-state index contributed by atoms with van der Waals surface area (Å²) in [5, 5.41) is 34.1. The van der Waals surface area contributed by atoms with Crippen LogP contribution in [0.2, 0.25) is 0 Å². The van der Waals surface area contributed by atoms with Crippen LogP contribution in [0.4, 0.5) is 0 Å². The van der Waals surface area contributed by atoms with Gasteiger partial charge in [0.25, 0.3) is 0 Å². The largest absolute Gasteiger partial charge is 0.478 e. The first-order valence-corrected chi connectivity index (χ1v) is 8.65. The Morgan fingerprint density at radius 1 is 0.786 bits per heavy atom. The lowest BCUT2D eigenvalue weighted by atomic mass is 10.1. The average molecular weight is 402 g/mol. The Labute approximate surface area is 162 Å². The smallest absolute Gasteiger partial charge is 0.336 e. The maximum Gasteiger partial charge on any atom is 0.336 e. The fraction of sp³-hybridized carbons (Fsp3) is 0.556. The van der Waals surface area contributed by atoms with Crippen molar-refractivity contribution >= 4 is 11.9 Å². The lowest BCUT2D eigenvalue weighted by molar-refractivity contribution is -0.105. The zero-order chi connectivity index (χ0) is 20.8. The maximum atomic E-state index is 10.5.